The zero-order valence-electron chi connectivity index (χ0n) is 9.07. The summed E-state index contributed by atoms with van der Waals surface area (Å²) in [6, 6.07) is 4.19. The molecule has 5 heteroatoms. The van der Waals surface area contributed by atoms with Crippen LogP contribution in [0.1, 0.15) is 11.3 Å². The molecule has 1 aromatic rings. The molecule has 0 radical (unpaired) electrons. The summed E-state index contributed by atoms with van der Waals surface area (Å²) in [5.41, 5.74) is 0. The van der Waals surface area contributed by atoms with E-state index in [1.807, 2.05) is 11.4 Å². The predicted octanol–water partition coefficient (Wildman–Crippen LogP) is 1.38. The van der Waals surface area contributed by atoms with Gasteiger partial charge in [-0.25, -0.2) is 4.79 Å². The van der Waals surface area contributed by atoms with E-state index in [0.717, 1.165) is 19.4 Å². The molecule has 0 aromatic carbocycles. The van der Waals surface area contributed by atoms with Crippen LogP contribution in [0.25, 0.3) is 0 Å². The normalized spacial score (nSPS) is 19.6. The van der Waals surface area contributed by atoms with Crippen molar-refractivity contribution in [2.45, 2.75) is 18.9 Å². The molecule has 2 N–H and O–H groups in total. The van der Waals surface area contributed by atoms with Crippen molar-refractivity contribution in [1.82, 2.24) is 10.6 Å². The lowest BCUT2D eigenvalue weighted by atomic mass is 10.3. The van der Waals surface area contributed by atoms with E-state index >= 15 is 0 Å². The van der Waals surface area contributed by atoms with Gasteiger partial charge in [-0.2, -0.15) is 0 Å². The summed E-state index contributed by atoms with van der Waals surface area (Å²) in [7, 11) is 0. The van der Waals surface area contributed by atoms with Crippen molar-refractivity contribution in [2.24, 2.45) is 0 Å². The SMILES string of the molecule is O=C(NCCc1cccs1)NC1CCOC1. The number of hydrogen-bond acceptors (Lipinski definition) is 3. The van der Waals surface area contributed by atoms with Gasteiger partial charge in [0.25, 0.3) is 0 Å². The van der Waals surface area contributed by atoms with Gasteiger partial charge < -0.3 is 15.4 Å². The van der Waals surface area contributed by atoms with Gasteiger partial charge in [-0.3, -0.25) is 0 Å². The third-order valence-electron chi connectivity index (χ3n) is 2.50. The third kappa shape index (κ3) is 3.50. The largest absolute Gasteiger partial charge is 0.379 e. The van der Waals surface area contributed by atoms with Gasteiger partial charge >= 0.3 is 6.03 Å². The topological polar surface area (TPSA) is 50.4 Å². The molecule has 1 aromatic heterocycles. The van der Waals surface area contributed by atoms with Crippen LogP contribution < -0.4 is 10.6 Å². The molecule has 0 spiro atoms. The number of hydrogen-bond donors (Lipinski definition) is 2. The molecule has 0 aliphatic carbocycles. The maximum Gasteiger partial charge on any atom is 0.315 e. The highest BCUT2D eigenvalue weighted by molar-refractivity contribution is 7.09. The fourth-order valence-electron chi connectivity index (χ4n) is 1.64. The third-order valence-corrected chi connectivity index (χ3v) is 3.44. The van der Waals surface area contributed by atoms with Crippen molar-refractivity contribution >= 4 is 17.4 Å². The molecule has 2 heterocycles. The van der Waals surface area contributed by atoms with Crippen LogP contribution in [0.4, 0.5) is 4.79 Å². The van der Waals surface area contributed by atoms with E-state index < -0.39 is 0 Å². The van der Waals surface area contributed by atoms with E-state index in [1.165, 1.54) is 4.88 Å². The van der Waals surface area contributed by atoms with Gasteiger partial charge in [0, 0.05) is 18.0 Å². The second-order valence-electron chi connectivity index (χ2n) is 3.79. The minimum absolute atomic E-state index is 0.0907. The minimum atomic E-state index is -0.0907. The highest BCUT2D eigenvalue weighted by atomic mass is 32.1. The average Bonchev–Trinajstić information content (AvgIpc) is 2.90. The maximum atomic E-state index is 11.5. The molecule has 4 nitrogen and oxygen atoms in total. The Morgan fingerprint density at radius 1 is 1.62 bits per heavy atom. The Balaban J connectivity index is 1.60. The fourth-order valence-corrected chi connectivity index (χ4v) is 2.35. The number of rotatable bonds is 4. The Labute approximate surface area is 99.0 Å². The zero-order chi connectivity index (χ0) is 11.2. The fraction of sp³-hybridized carbons (Fsp3) is 0.545. The van der Waals surface area contributed by atoms with Gasteiger partial charge in [0.15, 0.2) is 0 Å². The minimum Gasteiger partial charge on any atom is -0.379 e. The van der Waals surface area contributed by atoms with E-state index in [4.69, 9.17) is 4.74 Å². The van der Waals surface area contributed by atoms with E-state index in [-0.39, 0.29) is 12.1 Å². The van der Waals surface area contributed by atoms with Crippen LogP contribution in [0.3, 0.4) is 0 Å². The van der Waals surface area contributed by atoms with Gasteiger partial charge in [-0.15, -0.1) is 11.3 Å². The molecule has 1 saturated heterocycles. The number of amides is 2. The van der Waals surface area contributed by atoms with Crippen LogP contribution in [0.2, 0.25) is 0 Å². The second-order valence-corrected chi connectivity index (χ2v) is 4.82. The number of nitrogens with one attached hydrogen (secondary N) is 2. The molecule has 1 aliphatic rings. The number of carbonyl (C=O) groups excluding carboxylic acids is 1. The van der Waals surface area contributed by atoms with Crippen molar-refractivity contribution < 1.29 is 9.53 Å². The lowest BCUT2D eigenvalue weighted by Gasteiger charge is -2.11. The number of urea groups is 1. The van der Waals surface area contributed by atoms with Crippen LogP contribution in [-0.4, -0.2) is 31.8 Å². The Morgan fingerprint density at radius 2 is 2.56 bits per heavy atom. The molecular formula is C11H16N2O2S. The number of carbonyl (C=O) groups is 1. The van der Waals surface area contributed by atoms with Gasteiger partial charge in [0.1, 0.15) is 0 Å². The Morgan fingerprint density at radius 3 is 3.25 bits per heavy atom. The summed E-state index contributed by atoms with van der Waals surface area (Å²) in [6.45, 7) is 2.07. The van der Waals surface area contributed by atoms with Crippen LogP contribution in [-0.2, 0) is 11.2 Å². The monoisotopic (exact) mass is 240 g/mol. The molecule has 16 heavy (non-hydrogen) atoms. The van der Waals surface area contributed by atoms with E-state index in [9.17, 15) is 4.79 Å². The van der Waals surface area contributed by atoms with Crippen molar-refractivity contribution in [2.75, 3.05) is 19.8 Å². The first-order chi connectivity index (χ1) is 7.84. The molecule has 0 bridgehead atoms. The van der Waals surface area contributed by atoms with Crippen LogP contribution in [0, 0.1) is 0 Å². The van der Waals surface area contributed by atoms with Gasteiger partial charge in [0.05, 0.1) is 12.6 Å². The predicted molar refractivity (Wildman–Crippen MR) is 63.8 cm³/mol. The highest BCUT2D eigenvalue weighted by Gasteiger charge is 2.17. The number of ether oxygens (including phenoxy) is 1. The molecule has 1 atom stereocenters. The van der Waals surface area contributed by atoms with Crippen LogP contribution in [0.5, 0.6) is 0 Å². The summed E-state index contributed by atoms with van der Waals surface area (Å²) in [5.74, 6) is 0. The molecule has 1 unspecified atom stereocenters. The van der Waals surface area contributed by atoms with E-state index in [2.05, 4.69) is 16.7 Å². The molecule has 1 aliphatic heterocycles. The van der Waals surface area contributed by atoms with Gasteiger partial charge in [-0.05, 0) is 24.3 Å². The van der Waals surface area contributed by atoms with Crippen molar-refractivity contribution in [3.63, 3.8) is 0 Å². The Bertz CT molecular complexity index is 321. The maximum absolute atomic E-state index is 11.5. The second kappa shape index (κ2) is 5.86. The standard InChI is InChI=1S/C11H16N2O2S/c14-11(13-9-4-6-15-8-9)12-5-3-10-2-1-7-16-10/h1-2,7,9H,3-6,8H2,(H2,12,13,14). The lowest BCUT2D eigenvalue weighted by Crippen LogP contribution is -2.42. The van der Waals surface area contributed by atoms with Crippen molar-refractivity contribution in [3.8, 4) is 0 Å². The van der Waals surface area contributed by atoms with Gasteiger partial charge in [-0.1, -0.05) is 6.07 Å². The smallest absolute Gasteiger partial charge is 0.315 e. The summed E-state index contributed by atoms with van der Waals surface area (Å²) in [6.07, 6.45) is 1.81. The molecule has 1 fully saturated rings. The highest BCUT2D eigenvalue weighted by Crippen LogP contribution is 2.08. The van der Waals surface area contributed by atoms with Crippen molar-refractivity contribution in [1.29, 1.82) is 0 Å². The van der Waals surface area contributed by atoms with Crippen LogP contribution in [0.15, 0.2) is 17.5 Å². The summed E-state index contributed by atoms with van der Waals surface area (Å²) < 4.78 is 5.18. The lowest BCUT2D eigenvalue weighted by molar-refractivity contribution is 0.188. The zero-order valence-corrected chi connectivity index (χ0v) is 9.89. The van der Waals surface area contributed by atoms with Crippen molar-refractivity contribution in [3.05, 3.63) is 22.4 Å². The first-order valence-electron chi connectivity index (χ1n) is 5.49. The first kappa shape index (κ1) is 11.4. The Hall–Kier alpha value is -1.07. The van der Waals surface area contributed by atoms with E-state index in [0.29, 0.717) is 13.2 Å². The molecule has 0 saturated carbocycles. The molecular weight excluding hydrogens is 224 g/mol. The van der Waals surface area contributed by atoms with Crippen LogP contribution >= 0.6 is 11.3 Å². The molecule has 2 rings (SSSR count). The number of thiophene rings is 1. The molecule has 88 valence electrons. The first-order valence-corrected chi connectivity index (χ1v) is 6.37. The Kier molecular flexibility index (Phi) is 4.18. The average molecular weight is 240 g/mol. The summed E-state index contributed by atoms with van der Waals surface area (Å²) >= 11 is 1.72. The van der Waals surface area contributed by atoms with E-state index in [1.54, 1.807) is 11.3 Å². The molecule has 2 amide bonds. The summed E-state index contributed by atoms with van der Waals surface area (Å²) in [4.78, 5) is 12.7. The summed E-state index contributed by atoms with van der Waals surface area (Å²) in [5, 5.41) is 7.78. The quantitative estimate of drug-likeness (QED) is 0.835. The van der Waals surface area contributed by atoms with Gasteiger partial charge in [0.2, 0.25) is 0 Å².